The van der Waals surface area contributed by atoms with Crippen molar-refractivity contribution >= 4 is 35.4 Å². The quantitative estimate of drug-likeness (QED) is 0.738. The van der Waals surface area contributed by atoms with Gasteiger partial charge in [0.2, 0.25) is 12.2 Å². The van der Waals surface area contributed by atoms with Crippen LogP contribution in [0.5, 0.6) is 0 Å². The Morgan fingerprint density at radius 3 is 2.64 bits per heavy atom. The zero-order valence-electron chi connectivity index (χ0n) is 19.2. The fourth-order valence-electron chi connectivity index (χ4n) is 5.73. The van der Waals surface area contributed by atoms with E-state index in [1.165, 1.54) is 19.3 Å². The number of guanidine groups is 1. The molecule has 0 radical (unpaired) electrons. The third-order valence-corrected chi connectivity index (χ3v) is 7.66. The van der Waals surface area contributed by atoms with Crippen LogP contribution in [0.3, 0.4) is 0 Å². The number of nitrogens with zero attached hydrogens (tertiary/aromatic N) is 8. The van der Waals surface area contributed by atoms with Gasteiger partial charge in [0.15, 0.2) is 11.6 Å². The monoisotopic (exact) mass is 449 g/mol. The van der Waals surface area contributed by atoms with Gasteiger partial charge in [-0.25, -0.2) is 20.0 Å². The Morgan fingerprint density at radius 2 is 1.88 bits per heavy atom. The number of Topliss-reactive ketones (excluding diaryl/α,β-unsaturated/α-hetero) is 1. The van der Waals surface area contributed by atoms with Crippen molar-refractivity contribution in [1.82, 2.24) is 19.8 Å². The molecule has 6 rings (SSSR count). The summed E-state index contributed by atoms with van der Waals surface area (Å²) < 4.78 is 0. The van der Waals surface area contributed by atoms with E-state index in [4.69, 9.17) is 4.99 Å². The van der Waals surface area contributed by atoms with Crippen LogP contribution in [-0.4, -0.2) is 88.8 Å². The second-order valence-corrected chi connectivity index (χ2v) is 9.74. The Labute approximate surface area is 194 Å². The lowest BCUT2D eigenvalue weighted by Gasteiger charge is -2.50. The molecule has 10 nitrogen and oxygen atoms in total. The van der Waals surface area contributed by atoms with Crippen LogP contribution in [-0.2, 0) is 4.79 Å². The number of anilines is 2. The fraction of sp³-hybridized carbons (Fsp3) is 0.609. The topological polar surface area (TPSA) is 92.0 Å². The Balaban J connectivity index is 1.20. The highest BCUT2D eigenvalue weighted by Crippen LogP contribution is 2.44. The number of amidine groups is 1. The van der Waals surface area contributed by atoms with Crippen molar-refractivity contribution in [3.05, 3.63) is 18.3 Å². The average Bonchev–Trinajstić information content (AvgIpc) is 3.24. The van der Waals surface area contributed by atoms with Crippen molar-refractivity contribution in [2.75, 3.05) is 43.4 Å². The van der Waals surface area contributed by atoms with Crippen molar-refractivity contribution < 1.29 is 4.79 Å². The van der Waals surface area contributed by atoms with E-state index < -0.39 is 0 Å². The molecule has 3 fully saturated rings. The van der Waals surface area contributed by atoms with Crippen LogP contribution in [0, 0.1) is 0 Å². The van der Waals surface area contributed by atoms with Crippen molar-refractivity contribution in [2.24, 2.45) is 15.1 Å². The van der Waals surface area contributed by atoms with E-state index in [1.54, 1.807) is 11.3 Å². The van der Waals surface area contributed by atoms with Crippen LogP contribution in [0.4, 0.5) is 11.5 Å². The lowest BCUT2D eigenvalue weighted by atomic mass is 9.74. The predicted molar refractivity (Wildman–Crippen MR) is 128 cm³/mol. The molecule has 174 valence electrons. The van der Waals surface area contributed by atoms with Crippen LogP contribution in [0.2, 0.25) is 0 Å². The number of ketones is 1. The van der Waals surface area contributed by atoms with E-state index >= 15 is 0 Å². The summed E-state index contributed by atoms with van der Waals surface area (Å²) >= 11 is 0. The number of piperazine rings is 1. The van der Waals surface area contributed by atoms with Gasteiger partial charge in [0.1, 0.15) is 12.2 Å². The van der Waals surface area contributed by atoms with Gasteiger partial charge in [-0.1, -0.05) is 19.3 Å². The number of nitrogens with one attached hydrogen (secondary N) is 1. The number of hydrogen-bond donors (Lipinski definition) is 1. The van der Waals surface area contributed by atoms with Crippen molar-refractivity contribution in [3.63, 3.8) is 0 Å². The molecule has 1 aliphatic carbocycles. The number of piperidine rings is 1. The molecule has 0 bridgehead atoms. The van der Waals surface area contributed by atoms with E-state index in [0.717, 1.165) is 51.1 Å². The van der Waals surface area contributed by atoms with E-state index in [0.29, 0.717) is 24.0 Å². The first-order valence-corrected chi connectivity index (χ1v) is 12.1. The van der Waals surface area contributed by atoms with E-state index in [1.807, 2.05) is 12.3 Å². The molecule has 1 N–H and O–H groups in total. The third-order valence-electron chi connectivity index (χ3n) is 7.66. The normalized spacial score (nSPS) is 26.8. The van der Waals surface area contributed by atoms with E-state index in [9.17, 15) is 4.79 Å². The molecule has 1 atom stereocenters. The molecule has 2 saturated heterocycles. The molecule has 1 unspecified atom stereocenters. The molecular weight excluding hydrogens is 418 g/mol. The molecule has 1 saturated carbocycles. The maximum absolute atomic E-state index is 12.7. The lowest BCUT2D eigenvalue weighted by Crippen LogP contribution is -2.61. The molecule has 1 aromatic rings. The highest BCUT2D eigenvalue weighted by molar-refractivity contribution is 6.40. The minimum atomic E-state index is -0.355. The number of hydrogen-bond acceptors (Lipinski definition) is 10. The van der Waals surface area contributed by atoms with Gasteiger partial charge in [0.05, 0.1) is 11.9 Å². The summed E-state index contributed by atoms with van der Waals surface area (Å²) in [6.45, 7) is 4.15. The molecule has 0 amide bonds. The number of fused-ring (bicyclic) bond motifs is 4. The molecule has 10 heteroatoms. The molecular formula is C23H31N9O. The molecule has 5 heterocycles. The number of carbonyl (C=O) groups excluding carboxylic acids is 1. The van der Waals surface area contributed by atoms with Gasteiger partial charge in [-0.15, -0.1) is 5.10 Å². The largest absolute Gasteiger partial charge is 0.368 e. The standard InChI is InChI=1S/C23H31N9O/c1-29-11-13-30(14-12-29)17-5-6-19(24-15-17)26-21-25-16-31-22(27-21)32-20(28-31)18(33)7-10-23(32)8-3-2-4-9-23/h5-6,15-16,22H,2-4,7-14H2,1H3,(H,24,26,27). The summed E-state index contributed by atoms with van der Waals surface area (Å²) in [7, 11) is 2.16. The van der Waals surface area contributed by atoms with Crippen LogP contribution >= 0.6 is 0 Å². The molecule has 0 aromatic carbocycles. The van der Waals surface area contributed by atoms with Crippen LogP contribution < -0.4 is 10.2 Å². The highest BCUT2D eigenvalue weighted by Gasteiger charge is 2.53. The van der Waals surface area contributed by atoms with Crippen LogP contribution in [0.25, 0.3) is 0 Å². The van der Waals surface area contributed by atoms with Crippen LogP contribution in [0.1, 0.15) is 44.9 Å². The summed E-state index contributed by atoms with van der Waals surface area (Å²) in [6, 6.07) is 4.07. The molecule has 5 aliphatic rings. The number of aliphatic imine (C=N–C) groups is 2. The maximum atomic E-state index is 12.7. The zero-order valence-corrected chi connectivity index (χ0v) is 19.2. The summed E-state index contributed by atoms with van der Waals surface area (Å²) in [4.78, 5) is 33.5. The first kappa shape index (κ1) is 20.6. The van der Waals surface area contributed by atoms with Crippen molar-refractivity contribution in [2.45, 2.75) is 56.8 Å². The zero-order chi connectivity index (χ0) is 22.4. The fourth-order valence-corrected chi connectivity index (χ4v) is 5.73. The Hall–Kier alpha value is -3.01. The smallest absolute Gasteiger partial charge is 0.228 e. The number of hydrazone groups is 1. The van der Waals surface area contributed by atoms with Gasteiger partial charge in [-0.2, -0.15) is 0 Å². The second-order valence-electron chi connectivity index (χ2n) is 9.74. The molecule has 1 spiro atoms. The first-order chi connectivity index (χ1) is 16.1. The van der Waals surface area contributed by atoms with Gasteiger partial charge in [0.25, 0.3) is 0 Å². The van der Waals surface area contributed by atoms with E-state index in [2.05, 4.69) is 48.2 Å². The summed E-state index contributed by atoms with van der Waals surface area (Å²) in [5.74, 6) is 1.87. The number of rotatable bonds is 2. The molecule has 1 aromatic heterocycles. The van der Waals surface area contributed by atoms with Crippen molar-refractivity contribution in [3.8, 4) is 0 Å². The summed E-state index contributed by atoms with van der Waals surface area (Å²) in [5.41, 5.74) is 1.11. The average molecular weight is 450 g/mol. The number of likely N-dealkylation sites (N-methyl/N-ethyl adjacent to an activating group) is 1. The Kier molecular flexibility index (Phi) is 5.05. The Bertz CT molecular complexity index is 1000. The summed E-state index contributed by atoms with van der Waals surface area (Å²) in [6.07, 6.45) is 10.5. The number of carbonyl (C=O) groups is 1. The lowest BCUT2D eigenvalue weighted by molar-refractivity contribution is -0.117. The van der Waals surface area contributed by atoms with Gasteiger partial charge >= 0.3 is 0 Å². The first-order valence-electron chi connectivity index (χ1n) is 12.1. The highest BCUT2D eigenvalue weighted by atomic mass is 16.1. The van der Waals surface area contributed by atoms with Gasteiger partial charge in [-0.3, -0.25) is 4.79 Å². The minimum Gasteiger partial charge on any atom is -0.368 e. The summed E-state index contributed by atoms with van der Waals surface area (Å²) in [5, 5.41) is 9.57. The third kappa shape index (κ3) is 3.66. The van der Waals surface area contributed by atoms with Gasteiger partial charge in [-0.05, 0) is 38.4 Å². The van der Waals surface area contributed by atoms with Crippen molar-refractivity contribution in [1.29, 1.82) is 0 Å². The second kappa shape index (κ2) is 8.09. The van der Waals surface area contributed by atoms with Gasteiger partial charge < -0.3 is 20.0 Å². The van der Waals surface area contributed by atoms with E-state index in [-0.39, 0.29) is 17.6 Å². The molecule has 33 heavy (non-hydrogen) atoms. The SMILES string of the molecule is CN1CCN(c2ccc(NC3=NC4N(C=N3)N=C3C(=O)CCC5(CCCCC5)N34)nc2)CC1. The maximum Gasteiger partial charge on any atom is 0.228 e. The molecule has 4 aliphatic heterocycles. The van der Waals surface area contributed by atoms with Gasteiger partial charge in [0, 0.05) is 38.1 Å². The number of pyridine rings is 1. The minimum absolute atomic E-state index is 0.0212. The number of aromatic nitrogens is 1. The van der Waals surface area contributed by atoms with Crippen LogP contribution in [0.15, 0.2) is 33.4 Å². The predicted octanol–water partition coefficient (Wildman–Crippen LogP) is 1.92. The Morgan fingerprint density at radius 1 is 1.06 bits per heavy atom.